The van der Waals surface area contributed by atoms with E-state index >= 15 is 0 Å². The van der Waals surface area contributed by atoms with Gasteiger partial charge in [-0.15, -0.1) is 0 Å². The molecule has 5 fully saturated rings. The molecule has 2 bridgehead atoms. The molecule has 2 heterocycles. The van der Waals surface area contributed by atoms with Crippen molar-refractivity contribution in [2.24, 2.45) is 23.7 Å². The second kappa shape index (κ2) is 4.00. The quantitative estimate of drug-likeness (QED) is 0.703. The Balaban J connectivity index is 1.57. The van der Waals surface area contributed by atoms with Gasteiger partial charge < -0.3 is 0 Å². The molecule has 2 saturated heterocycles. The number of fused-ring (bicyclic) bond motifs is 5. The highest BCUT2D eigenvalue weighted by Gasteiger charge is 2.63. The fourth-order valence-electron chi connectivity index (χ4n) is 6.09. The van der Waals surface area contributed by atoms with Gasteiger partial charge in [-0.1, -0.05) is 6.42 Å². The van der Waals surface area contributed by atoms with Gasteiger partial charge in [-0.2, -0.15) is 0 Å². The Morgan fingerprint density at radius 3 is 2.86 bits per heavy atom. The first-order valence-electron chi connectivity index (χ1n) is 8.60. The summed E-state index contributed by atoms with van der Waals surface area (Å²) in [5, 5.41) is 5.65. The van der Waals surface area contributed by atoms with Gasteiger partial charge in [0.05, 0.1) is 5.92 Å². The van der Waals surface area contributed by atoms with E-state index in [1.165, 1.54) is 25.7 Å². The smallest absolute Gasteiger partial charge is 0.247 e. The maximum absolute atomic E-state index is 13.1. The molecule has 0 aromatic carbocycles. The summed E-state index contributed by atoms with van der Waals surface area (Å²) in [6.45, 7) is 0. The SMILES string of the molecule is O=C1CC2CCCC[C@@]23N[C@@H]2[C@@H]4CC[C@@H](C4)[C@@H]2C(=O)N3N1. The Hall–Kier alpha value is -1.10. The summed E-state index contributed by atoms with van der Waals surface area (Å²) in [5.41, 5.74) is 2.63. The highest BCUT2D eigenvalue weighted by atomic mass is 16.2. The van der Waals surface area contributed by atoms with Crippen molar-refractivity contribution in [3.63, 3.8) is 0 Å². The number of carbonyl (C=O) groups is 2. The van der Waals surface area contributed by atoms with Crippen LogP contribution in [0.25, 0.3) is 0 Å². The molecule has 5 aliphatic rings. The van der Waals surface area contributed by atoms with Crippen LogP contribution in [-0.4, -0.2) is 28.5 Å². The molecule has 114 valence electrons. The first-order chi connectivity index (χ1) is 10.2. The first-order valence-corrected chi connectivity index (χ1v) is 8.60. The molecule has 5 heteroatoms. The van der Waals surface area contributed by atoms with Crippen LogP contribution in [0.1, 0.15) is 51.4 Å². The number of nitrogens with one attached hydrogen (secondary N) is 2. The molecule has 2 aliphatic heterocycles. The molecule has 3 aliphatic carbocycles. The summed E-state index contributed by atoms with van der Waals surface area (Å²) in [6.07, 6.45) is 8.63. The number of nitrogens with zero attached hydrogens (tertiary/aromatic N) is 1. The molecule has 21 heavy (non-hydrogen) atoms. The second-order valence-corrected chi connectivity index (χ2v) is 7.81. The summed E-state index contributed by atoms with van der Waals surface area (Å²) in [7, 11) is 0. The summed E-state index contributed by atoms with van der Waals surface area (Å²) < 4.78 is 0. The Morgan fingerprint density at radius 1 is 1.10 bits per heavy atom. The normalized spacial score (nSPS) is 51.2. The van der Waals surface area contributed by atoms with E-state index < -0.39 is 0 Å². The molecule has 5 rings (SSSR count). The van der Waals surface area contributed by atoms with Crippen molar-refractivity contribution in [1.29, 1.82) is 0 Å². The molecule has 5 nitrogen and oxygen atoms in total. The van der Waals surface area contributed by atoms with Crippen LogP contribution >= 0.6 is 0 Å². The number of hydrazine groups is 1. The summed E-state index contributed by atoms with van der Waals surface area (Å²) in [6, 6.07) is 0.364. The van der Waals surface area contributed by atoms with Crippen LogP contribution < -0.4 is 10.7 Å². The molecule has 6 atom stereocenters. The van der Waals surface area contributed by atoms with Gasteiger partial charge in [0.1, 0.15) is 5.66 Å². The molecule has 0 aromatic rings. The molecular formula is C16H23N3O2. The maximum Gasteiger partial charge on any atom is 0.247 e. The first kappa shape index (κ1) is 12.4. The van der Waals surface area contributed by atoms with E-state index in [0.717, 1.165) is 19.3 Å². The van der Waals surface area contributed by atoms with Crippen LogP contribution in [0.2, 0.25) is 0 Å². The predicted molar refractivity (Wildman–Crippen MR) is 75.5 cm³/mol. The lowest BCUT2D eigenvalue weighted by Gasteiger charge is -2.60. The molecule has 3 saturated carbocycles. The largest absolute Gasteiger partial charge is 0.289 e. The number of rotatable bonds is 0. The molecule has 0 radical (unpaired) electrons. The Labute approximate surface area is 124 Å². The fraction of sp³-hybridized carbons (Fsp3) is 0.875. The van der Waals surface area contributed by atoms with Crippen molar-refractivity contribution in [1.82, 2.24) is 15.8 Å². The van der Waals surface area contributed by atoms with E-state index in [1.54, 1.807) is 5.01 Å². The monoisotopic (exact) mass is 289 g/mol. The van der Waals surface area contributed by atoms with Gasteiger partial charge in [-0.05, 0) is 50.4 Å². The third kappa shape index (κ3) is 1.46. The predicted octanol–water partition coefficient (Wildman–Crippen LogP) is 1.15. The van der Waals surface area contributed by atoms with Gasteiger partial charge in [0, 0.05) is 18.4 Å². The van der Waals surface area contributed by atoms with Gasteiger partial charge in [0.25, 0.3) is 0 Å². The van der Waals surface area contributed by atoms with Crippen LogP contribution in [-0.2, 0) is 9.59 Å². The minimum Gasteiger partial charge on any atom is -0.289 e. The third-order valence-electron chi connectivity index (χ3n) is 6.94. The van der Waals surface area contributed by atoms with Gasteiger partial charge in [-0.25, -0.2) is 5.01 Å². The van der Waals surface area contributed by atoms with Crippen LogP contribution in [0, 0.1) is 23.7 Å². The van der Waals surface area contributed by atoms with E-state index in [1.807, 2.05) is 0 Å². The van der Waals surface area contributed by atoms with Crippen LogP contribution in [0.4, 0.5) is 0 Å². The van der Waals surface area contributed by atoms with Crippen molar-refractivity contribution in [2.75, 3.05) is 0 Å². The topological polar surface area (TPSA) is 61.4 Å². The van der Waals surface area contributed by atoms with Gasteiger partial charge in [0.2, 0.25) is 11.8 Å². The number of amides is 2. The lowest BCUT2D eigenvalue weighted by Crippen LogP contribution is -2.80. The van der Waals surface area contributed by atoms with Crippen molar-refractivity contribution < 1.29 is 9.59 Å². The highest BCUT2D eigenvalue weighted by Crippen LogP contribution is 2.54. The molecule has 1 unspecified atom stereocenters. The summed E-state index contributed by atoms with van der Waals surface area (Å²) >= 11 is 0. The lowest BCUT2D eigenvalue weighted by atomic mass is 9.70. The van der Waals surface area contributed by atoms with Crippen LogP contribution in [0.5, 0.6) is 0 Å². The standard InChI is InChI=1S/C16H23N3O2/c20-12-8-11-3-1-2-6-16(11)17-14-10-5-4-9(7-10)13(14)15(21)19(16)18-12/h9-11,13-14,17H,1-8H2,(H,18,20)/t9-,10+,11?,13-,14+,16-/m0/s1. The zero-order valence-electron chi connectivity index (χ0n) is 12.3. The van der Waals surface area contributed by atoms with Crippen LogP contribution in [0.15, 0.2) is 0 Å². The Bertz CT molecular complexity index is 522. The van der Waals surface area contributed by atoms with Crippen molar-refractivity contribution >= 4 is 11.8 Å². The second-order valence-electron chi connectivity index (χ2n) is 7.81. The minimum absolute atomic E-state index is 0.0225. The number of hydrogen-bond acceptors (Lipinski definition) is 3. The van der Waals surface area contributed by atoms with Crippen molar-refractivity contribution in [2.45, 2.75) is 63.1 Å². The minimum atomic E-state index is -0.283. The Morgan fingerprint density at radius 2 is 1.95 bits per heavy atom. The molecular weight excluding hydrogens is 266 g/mol. The van der Waals surface area contributed by atoms with E-state index in [0.29, 0.717) is 30.2 Å². The molecule has 2 N–H and O–H groups in total. The van der Waals surface area contributed by atoms with E-state index in [-0.39, 0.29) is 23.4 Å². The number of carbonyl (C=O) groups excluding carboxylic acids is 2. The third-order valence-corrected chi connectivity index (χ3v) is 6.94. The average molecular weight is 289 g/mol. The number of hydrogen-bond donors (Lipinski definition) is 2. The van der Waals surface area contributed by atoms with E-state index in [4.69, 9.17) is 0 Å². The van der Waals surface area contributed by atoms with Crippen LogP contribution in [0.3, 0.4) is 0 Å². The van der Waals surface area contributed by atoms with Gasteiger partial charge in [-0.3, -0.25) is 20.3 Å². The zero-order valence-corrected chi connectivity index (χ0v) is 12.3. The van der Waals surface area contributed by atoms with E-state index in [9.17, 15) is 9.59 Å². The molecule has 2 amide bonds. The molecule has 0 aromatic heterocycles. The maximum atomic E-state index is 13.1. The summed E-state index contributed by atoms with van der Waals surface area (Å²) in [5.74, 6) is 1.85. The van der Waals surface area contributed by atoms with Crippen molar-refractivity contribution in [3.05, 3.63) is 0 Å². The lowest BCUT2D eigenvalue weighted by molar-refractivity contribution is -0.186. The molecule has 1 spiro atoms. The van der Waals surface area contributed by atoms with Gasteiger partial charge in [0.15, 0.2) is 0 Å². The van der Waals surface area contributed by atoms with Crippen molar-refractivity contribution in [3.8, 4) is 0 Å². The fourth-order valence-corrected chi connectivity index (χ4v) is 6.09. The zero-order chi connectivity index (χ0) is 14.2. The average Bonchev–Trinajstić information content (AvgIpc) is 3.07. The summed E-state index contributed by atoms with van der Waals surface area (Å²) in [4.78, 5) is 25.1. The highest BCUT2D eigenvalue weighted by molar-refractivity contribution is 5.87. The Kier molecular flexibility index (Phi) is 2.37. The van der Waals surface area contributed by atoms with Gasteiger partial charge >= 0.3 is 0 Å². The van der Waals surface area contributed by atoms with E-state index in [2.05, 4.69) is 10.7 Å².